The van der Waals surface area contributed by atoms with Crippen molar-refractivity contribution in [1.29, 1.82) is 0 Å². The first-order valence-electron chi connectivity index (χ1n) is 46.9. The molecule has 8 heterocycles. The largest absolute Gasteiger partial charge is 0.497 e. The van der Waals surface area contributed by atoms with Crippen molar-refractivity contribution in [2.45, 2.75) is 259 Å². The first-order chi connectivity index (χ1) is 62.5. The Morgan fingerprint density at radius 1 is 0.557 bits per heavy atom. The number of aromatic nitrogens is 6. The zero-order valence-electron chi connectivity index (χ0n) is 78.6. The lowest BCUT2D eigenvalue weighted by molar-refractivity contribution is -0.158. The molecule has 131 heavy (non-hydrogen) atoms. The lowest BCUT2D eigenvalue weighted by Gasteiger charge is -2.34. The molecule has 5 saturated carbocycles. The predicted octanol–water partition coefficient (Wildman–Crippen LogP) is 15.2. The van der Waals surface area contributed by atoms with Gasteiger partial charge in [0, 0.05) is 36.0 Å². The Labute approximate surface area is 767 Å². The number of carbonyl (C=O) groups is 9. The number of unbranched alkanes of at least 4 members (excludes halogenated alkanes) is 1. The molecule has 0 spiro atoms. The van der Waals surface area contributed by atoms with Crippen LogP contribution in [0.25, 0.3) is 45.3 Å². The zero-order chi connectivity index (χ0) is 93.8. The van der Waals surface area contributed by atoms with Gasteiger partial charge in [0.2, 0.25) is 35.4 Å². The number of nitrogens with zero attached hydrogens (tertiary/aromatic N) is 9. The average Bonchev–Trinajstić information content (AvgIpc) is 1.59. The Kier molecular flexibility index (Phi) is 29.7. The first kappa shape index (κ1) is 96.0. The Hall–Kier alpha value is -11.1. The van der Waals surface area contributed by atoms with Crippen LogP contribution in [0.2, 0.25) is 0 Å². The van der Waals surface area contributed by atoms with Crippen LogP contribution in [0.3, 0.4) is 0 Å². The van der Waals surface area contributed by atoms with E-state index >= 15 is 0 Å². The molecule has 5 aliphatic heterocycles. The van der Waals surface area contributed by atoms with E-state index in [0.29, 0.717) is 92.2 Å². The standard InChI is InChI=1S/C36H47N3O7.C34H43N3O7.C31H41N3O7/c1-8-10-11-12-22-17-28(22)45-30(40)19-24(36(3,4)5)34(41)39-20-29(31(21-13-14-21)32(39)35(42)44-7)46-33-25(9-2)37-26-16-15-23(43-6)18-27(26)38-33;1-34(2,3)22-17-28(38)43-26-15-20(26)9-7-6-8-10-24-31(36-25-16-21(41-4)13-14-23(25)35-24)44-27-18-37(32(22)39)30(33(40)42-5)29(27)19-11-12-19;1-17-25-16-34(27(17)30(37)38)29(36)20(31(2,3)4)15-26(35)40-24-13-18(24)9-7-6-8-10-22-28(41-25)33-23-14-19(39-5)11-12-21(23)32-22/h8-9,15-16,18,21-22,24,28-29,31-32H,1-2,10-14,17,19-20H2,3-7H3;8,10,13-14,16,19-20,22,26-27,29-30H,6-7,9,11-12,15,17-18H2,1-5H3;11-12,14,17-18,20,24-25,27H,6-10,13,15-16H2,1-5H3,(H,37,38)/b;10-8+;/t22-,24-,28-,29+,31-,32+;20-,22-,26-,27+,29-,30+;17-,18-,20-,24-,25+,27+/m111/s1. The third kappa shape index (κ3) is 22.8. The second-order valence-corrected chi connectivity index (χ2v) is 40.5. The first-order valence-corrected chi connectivity index (χ1v) is 46.9. The van der Waals surface area contributed by atoms with Gasteiger partial charge in [-0.15, -0.1) is 6.58 Å². The van der Waals surface area contributed by atoms with Gasteiger partial charge in [-0.2, -0.15) is 0 Å². The van der Waals surface area contributed by atoms with Crippen LogP contribution in [0.4, 0.5) is 0 Å². The number of fused-ring (bicyclic) bond motifs is 11. The SMILES string of the molecule is C=CCCC[C@@H]1C[C@H]1OC(=O)C[C@H](C(=O)N1C[C@H](Oc2nc3cc(OC)ccc3nc2C=C)[C@@H](C2CC2)[C@H]1C(=O)OC)C(C)(C)C.COC(=O)[C@@H]1[C@H](C2CC2)[C@@H]2CN1C(=O)[C@H](C(C)(C)C)CC(=O)O[C@@H]1C[C@H]1CCC/C=C/c1nc3ccc(OC)cc3nc1O2.COc1ccc2nc3c(nc2c1)O[C@H]1CN(C(=O)[C@H](C(C)(C)C)CC(=O)O[C@@H]2C[C@H]2CCCCC3)[C@H](C(=O)O)[C@@H]1C. The van der Waals surface area contributed by atoms with Crippen molar-refractivity contribution in [1.82, 2.24) is 44.6 Å². The van der Waals surface area contributed by atoms with Gasteiger partial charge in [-0.05, 0) is 197 Å². The molecule has 30 heteroatoms. The number of esters is 5. The molecule has 0 radical (unpaired) electrons. The molecule has 18 atom stereocenters. The summed E-state index contributed by atoms with van der Waals surface area (Å²) in [6.07, 6.45) is 21.8. The number of carbonyl (C=O) groups excluding carboxylic acids is 8. The van der Waals surface area contributed by atoms with Crippen LogP contribution in [-0.4, -0.2) is 213 Å². The second-order valence-electron chi connectivity index (χ2n) is 40.5. The molecule has 3 aromatic heterocycles. The molecule has 8 fully saturated rings. The molecule has 5 aliphatic carbocycles. The predicted molar refractivity (Wildman–Crippen MR) is 487 cm³/mol. The highest BCUT2D eigenvalue weighted by Crippen LogP contribution is 2.52. The molecule has 1 N–H and O–H groups in total. The summed E-state index contributed by atoms with van der Waals surface area (Å²) in [6.45, 7) is 27.2. The number of rotatable bonds is 19. The molecule has 10 aliphatic rings. The summed E-state index contributed by atoms with van der Waals surface area (Å²) in [6, 6.07) is 13.7. The molecule has 3 amide bonds. The minimum absolute atomic E-state index is 0.0412. The average molecular weight is 1810 g/mol. The Balaban J connectivity index is 0.000000159. The number of methoxy groups -OCH3 is 5. The van der Waals surface area contributed by atoms with Gasteiger partial charge < -0.3 is 71.9 Å². The van der Waals surface area contributed by atoms with Gasteiger partial charge >= 0.3 is 35.8 Å². The fraction of sp³-hybridized carbons (Fsp3) is 0.614. The summed E-state index contributed by atoms with van der Waals surface area (Å²) >= 11 is 0. The molecule has 16 rings (SSSR count). The summed E-state index contributed by atoms with van der Waals surface area (Å²) in [5, 5.41) is 10.2. The summed E-state index contributed by atoms with van der Waals surface area (Å²) in [5.74, 6) is -3.00. The van der Waals surface area contributed by atoms with E-state index in [-0.39, 0.29) is 116 Å². The minimum atomic E-state index is -1.10. The fourth-order valence-corrected chi connectivity index (χ4v) is 19.7. The molecule has 3 aromatic carbocycles. The number of aryl methyl sites for hydroxylation is 1. The number of ether oxygens (including phenoxy) is 11. The monoisotopic (exact) mass is 1810 g/mol. The Bertz CT molecular complexity index is 5280. The van der Waals surface area contributed by atoms with Gasteiger partial charge in [0.1, 0.15) is 89.1 Å². The molecule has 0 unspecified atom stereocenters. The van der Waals surface area contributed by atoms with Crippen LogP contribution in [-0.2, 0) is 73.3 Å². The molecule has 3 saturated heterocycles. The normalized spacial score (nSPS) is 28.0. The second kappa shape index (κ2) is 40.6. The summed E-state index contributed by atoms with van der Waals surface area (Å²) in [7, 11) is 7.46. The highest BCUT2D eigenvalue weighted by Gasteiger charge is 2.60. The van der Waals surface area contributed by atoms with Crippen LogP contribution in [0.15, 0.2) is 79.9 Å². The van der Waals surface area contributed by atoms with E-state index in [4.69, 9.17) is 77.0 Å². The molecule has 706 valence electrons. The number of carboxylic acid groups (broad SMARTS) is 1. The molecule has 4 bridgehead atoms. The van der Waals surface area contributed by atoms with Crippen molar-refractivity contribution >= 4 is 98.8 Å². The highest BCUT2D eigenvalue weighted by atomic mass is 16.6. The lowest BCUT2D eigenvalue weighted by atomic mass is 9.77. The summed E-state index contributed by atoms with van der Waals surface area (Å²) in [4.78, 5) is 155. The van der Waals surface area contributed by atoms with Crippen LogP contribution in [0.1, 0.15) is 215 Å². The van der Waals surface area contributed by atoms with E-state index in [1.54, 1.807) is 56.3 Å². The fourth-order valence-electron chi connectivity index (χ4n) is 19.7. The van der Waals surface area contributed by atoms with Gasteiger partial charge in [0.15, 0.2) is 0 Å². The minimum Gasteiger partial charge on any atom is -0.497 e. The number of aliphatic carboxylic acids is 1. The molecule has 6 aromatic rings. The number of carboxylic acids is 1. The smallest absolute Gasteiger partial charge is 0.329 e. The van der Waals surface area contributed by atoms with Gasteiger partial charge in [-0.3, -0.25) is 28.8 Å². The van der Waals surface area contributed by atoms with Crippen LogP contribution < -0.4 is 28.4 Å². The van der Waals surface area contributed by atoms with E-state index < -0.39 is 100 Å². The van der Waals surface area contributed by atoms with Crippen LogP contribution >= 0.6 is 0 Å². The highest BCUT2D eigenvalue weighted by molar-refractivity contribution is 5.92. The number of likely N-dealkylation sites (tertiary alicyclic amines) is 1. The molecule has 30 nitrogen and oxygen atoms in total. The number of hydrogen-bond acceptors (Lipinski definition) is 26. The van der Waals surface area contributed by atoms with Crippen molar-refractivity contribution in [3.05, 3.63) is 97.0 Å². The number of amides is 3. The van der Waals surface area contributed by atoms with Gasteiger partial charge in [0.05, 0.1) is 125 Å². The lowest BCUT2D eigenvalue weighted by Crippen LogP contribution is -2.49. The number of allylic oxidation sites excluding steroid dienone is 2. The van der Waals surface area contributed by atoms with Crippen LogP contribution in [0.5, 0.6) is 34.9 Å². The third-order valence-electron chi connectivity index (χ3n) is 28.0. The quantitative estimate of drug-likeness (QED) is 0.0340. The Morgan fingerprint density at radius 3 is 1.64 bits per heavy atom. The maximum Gasteiger partial charge on any atom is 0.329 e. The van der Waals surface area contributed by atoms with E-state index in [2.05, 4.69) is 24.2 Å². The molecular formula is C101H131N9O21. The van der Waals surface area contributed by atoms with E-state index in [9.17, 15) is 48.3 Å². The maximum absolute atomic E-state index is 14.4. The third-order valence-corrected chi connectivity index (χ3v) is 28.0. The number of benzene rings is 3. The van der Waals surface area contributed by atoms with Gasteiger partial charge in [-0.1, -0.05) is 101 Å². The van der Waals surface area contributed by atoms with Crippen molar-refractivity contribution in [2.75, 3.05) is 55.2 Å². The van der Waals surface area contributed by atoms with E-state index in [1.165, 1.54) is 19.1 Å². The van der Waals surface area contributed by atoms with Crippen molar-refractivity contribution < 1.29 is 100 Å². The Morgan fingerprint density at radius 2 is 1.09 bits per heavy atom. The topological polar surface area (TPSA) is 362 Å². The van der Waals surface area contributed by atoms with Crippen molar-refractivity contribution in [2.24, 2.45) is 81.3 Å². The number of hydrogen-bond donors (Lipinski definition) is 1. The van der Waals surface area contributed by atoms with E-state index in [1.807, 2.05) is 117 Å². The van der Waals surface area contributed by atoms with Crippen molar-refractivity contribution in [3.63, 3.8) is 0 Å². The van der Waals surface area contributed by atoms with Gasteiger partial charge in [0.25, 0.3) is 0 Å². The zero-order valence-corrected chi connectivity index (χ0v) is 78.6. The molecular weight excluding hydrogens is 1680 g/mol. The maximum atomic E-state index is 14.4. The van der Waals surface area contributed by atoms with E-state index in [0.717, 1.165) is 120 Å². The summed E-state index contributed by atoms with van der Waals surface area (Å²) < 4.78 is 63.8. The van der Waals surface area contributed by atoms with Crippen LogP contribution in [0, 0.1) is 81.3 Å². The summed E-state index contributed by atoms with van der Waals surface area (Å²) in [5.41, 5.74) is 4.01. The van der Waals surface area contributed by atoms with Crippen molar-refractivity contribution in [3.8, 4) is 34.9 Å². The van der Waals surface area contributed by atoms with Gasteiger partial charge in [-0.25, -0.2) is 44.3 Å².